The van der Waals surface area contributed by atoms with Gasteiger partial charge in [0.25, 0.3) is 0 Å². The Morgan fingerprint density at radius 1 is 1.21 bits per heavy atom. The number of hydrogen-bond acceptors (Lipinski definition) is 4. The van der Waals surface area contributed by atoms with E-state index in [1.165, 1.54) is 6.42 Å². The zero-order valence-corrected chi connectivity index (χ0v) is 11.7. The summed E-state index contributed by atoms with van der Waals surface area (Å²) < 4.78 is 4.77. The van der Waals surface area contributed by atoms with E-state index in [1.807, 2.05) is 0 Å². The predicted molar refractivity (Wildman–Crippen MR) is 71.5 cm³/mol. The highest BCUT2D eigenvalue weighted by Gasteiger charge is 2.31. The van der Waals surface area contributed by atoms with E-state index in [-0.39, 0.29) is 36.7 Å². The lowest BCUT2D eigenvalue weighted by atomic mass is 9.74. The van der Waals surface area contributed by atoms with E-state index in [2.05, 4.69) is 5.32 Å². The van der Waals surface area contributed by atoms with Crippen molar-refractivity contribution in [3.05, 3.63) is 0 Å². The normalized spacial score (nSPS) is 17.8. The lowest BCUT2D eigenvalue weighted by Gasteiger charge is -2.35. The molecule has 0 saturated heterocycles. The summed E-state index contributed by atoms with van der Waals surface area (Å²) in [4.78, 5) is 22.8. The Balaban J connectivity index is 2.26. The van der Waals surface area contributed by atoms with Gasteiger partial charge in [-0.15, -0.1) is 0 Å². The Kier molecular flexibility index (Phi) is 6.84. The lowest BCUT2D eigenvalue weighted by molar-refractivity contribution is -0.144. The Hall–Kier alpha value is -1.10. The van der Waals surface area contributed by atoms with Crippen LogP contribution < -0.4 is 5.32 Å². The lowest BCUT2D eigenvalue weighted by Crippen LogP contribution is -2.41. The quantitative estimate of drug-likeness (QED) is 0.686. The van der Waals surface area contributed by atoms with Crippen molar-refractivity contribution in [3.8, 4) is 0 Å². The van der Waals surface area contributed by atoms with E-state index >= 15 is 0 Å². The van der Waals surface area contributed by atoms with Gasteiger partial charge in [0.1, 0.15) is 0 Å². The topological polar surface area (TPSA) is 75.6 Å². The number of esters is 1. The molecule has 1 fully saturated rings. The fraction of sp³-hybridized carbons (Fsp3) is 0.857. The monoisotopic (exact) mass is 271 g/mol. The van der Waals surface area contributed by atoms with Crippen molar-refractivity contribution in [2.75, 3.05) is 19.8 Å². The van der Waals surface area contributed by atoms with Gasteiger partial charge in [-0.25, -0.2) is 0 Å². The van der Waals surface area contributed by atoms with Gasteiger partial charge in [-0.1, -0.05) is 19.3 Å². The van der Waals surface area contributed by atoms with E-state index in [4.69, 9.17) is 4.74 Å². The van der Waals surface area contributed by atoms with Crippen LogP contribution in [0.3, 0.4) is 0 Å². The summed E-state index contributed by atoms with van der Waals surface area (Å²) in [7, 11) is 0. The maximum atomic E-state index is 11.7. The molecule has 110 valence electrons. The molecule has 5 nitrogen and oxygen atoms in total. The third-order valence-electron chi connectivity index (χ3n) is 3.77. The molecular weight excluding hydrogens is 246 g/mol. The zero-order chi connectivity index (χ0) is 14.1. The zero-order valence-electron chi connectivity index (χ0n) is 11.7. The number of aliphatic hydroxyl groups excluding tert-OH is 1. The molecule has 0 heterocycles. The summed E-state index contributed by atoms with van der Waals surface area (Å²) in [5.74, 6) is -0.487. The van der Waals surface area contributed by atoms with Crippen LogP contribution in [0.5, 0.6) is 0 Å². The molecule has 0 aromatic rings. The second-order valence-corrected chi connectivity index (χ2v) is 5.30. The Morgan fingerprint density at radius 2 is 1.89 bits per heavy atom. The van der Waals surface area contributed by atoms with Crippen LogP contribution in [0.25, 0.3) is 0 Å². The number of rotatable bonds is 7. The minimum atomic E-state index is -0.341. The molecule has 2 N–H and O–H groups in total. The summed E-state index contributed by atoms with van der Waals surface area (Å²) in [5, 5.41) is 12.4. The molecular formula is C14H25NO4. The first-order valence-electron chi connectivity index (χ1n) is 7.15. The maximum Gasteiger partial charge on any atom is 0.306 e. The molecule has 0 spiro atoms. The average molecular weight is 271 g/mol. The van der Waals surface area contributed by atoms with Crippen LogP contribution in [0, 0.1) is 5.41 Å². The van der Waals surface area contributed by atoms with E-state index in [9.17, 15) is 14.7 Å². The van der Waals surface area contributed by atoms with Crippen LogP contribution in [0.4, 0.5) is 0 Å². The number of ether oxygens (including phenoxy) is 1. The van der Waals surface area contributed by atoms with Crippen LogP contribution >= 0.6 is 0 Å². The number of nitrogens with one attached hydrogen (secondary N) is 1. The number of hydrogen-bond donors (Lipinski definition) is 2. The van der Waals surface area contributed by atoms with Crippen molar-refractivity contribution < 1.29 is 19.4 Å². The van der Waals surface area contributed by atoms with Crippen LogP contribution in [0.2, 0.25) is 0 Å². The van der Waals surface area contributed by atoms with Gasteiger partial charge in [0.15, 0.2) is 0 Å². The van der Waals surface area contributed by atoms with E-state index < -0.39 is 0 Å². The van der Waals surface area contributed by atoms with Gasteiger partial charge in [-0.2, -0.15) is 0 Å². The van der Waals surface area contributed by atoms with Crippen molar-refractivity contribution in [1.29, 1.82) is 0 Å². The van der Waals surface area contributed by atoms with Gasteiger partial charge >= 0.3 is 5.97 Å². The van der Waals surface area contributed by atoms with Crippen molar-refractivity contribution in [2.24, 2.45) is 5.41 Å². The molecule has 0 bridgehead atoms. The summed E-state index contributed by atoms with van der Waals surface area (Å²) in [6.07, 6.45) is 5.62. The average Bonchev–Trinajstić information content (AvgIpc) is 2.44. The van der Waals surface area contributed by atoms with Crippen LogP contribution in [0.15, 0.2) is 0 Å². The van der Waals surface area contributed by atoms with E-state index in [0.717, 1.165) is 25.7 Å². The van der Waals surface area contributed by atoms with Gasteiger partial charge in [-0.3, -0.25) is 9.59 Å². The highest BCUT2D eigenvalue weighted by atomic mass is 16.5. The van der Waals surface area contributed by atoms with Crippen molar-refractivity contribution in [2.45, 2.75) is 51.9 Å². The number of aliphatic hydroxyl groups is 1. The smallest absolute Gasteiger partial charge is 0.306 e. The number of carbonyl (C=O) groups is 2. The summed E-state index contributed by atoms with van der Waals surface area (Å²) in [5.41, 5.74) is -0.155. The molecule has 0 atom stereocenters. The third kappa shape index (κ3) is 5.59. The van der Waals surface area contributed by atoms with Gasteiger partial charge < -0.3 is 15.2 Å². The summed E-state index contributed by atoms with van der Waals surface area (Å²) >= 11 is 0. The first-order valence-corrected chi connectivity index (χ1v) is 7.15. The number of amides is 1. The second kappa shape index (κ2) is 8.15. The van der Waals surface area contributed by atoms with Crippen molar-refractivity contribution >= 4 is 11.9 Å². The predicted octanol–water partition coefficient (Wildman–Crippen LogP) is 1.39. The van der Waals surface area contributed by atoms with Crippen molar-refractivity contribution in [3.63, 3.8) is 0 Å². The molecule has 0 aliphatic heterocycles. The van der Waals surface area contributed by atoms with Crippen molar-refractivity contribution in [1.82, 2.24) is 5.32 Å². The fourth-order valence-electron chi connectivity index (χ4n) is 2.52. The minimum Gasteiger partial charge on any atom is -0.466 e. The van der Waals surface area contributed by atoms with Crippen LogP contribution in [0.1, 0.15) is 51.9 Å². The Morgan fingerprint density at radius 3 is 2.47 bits per heavy atom. The highest BCUT2D eigenvalue weighted by molar-refractivity contribution is 5.81. The standard InChI is InChI=1S/C14H25NO4/c1-2-19-13(18)7-6-12(17)15-10-14(11-16)8-4-3-5-9-14/h16H,2-11H2,1H3,(H,15,17). The van der Waals surface area contributed by atoms with Gasteiger partial charge in [0.2, 0.25) is 5.91 Å². The molecule has 19 heavy (non-hydrogen) atoms. The van der Waals surface area contributed by atoms with E-state index in [0.29, 0.717) is 13.2 Å². The molecule has 1 amide bonds. The van der Waals surface area contributed by atoms with Gasteiger partial charge in [0.05, 0.1) is 19.6 Å². The molecule has 1 rings (SSSR count). The maximum absolute atomic E-state index is 11.7. The van der Waals surface area contributed by atoms with Crippen LogP contribution in [-0.2, 0) is 14.3 Å². The fourth-order valence-corrected chi connectivity index (χ4v) is 2.52. The number of carbonyl (C=O) groups excluding carboxylic acids is 2. The van der Waals surface area contributed by atoms with E-state index in [1.54, 1.807) is 6.92 Å². The molecule has 1 aliphatic carbocycles. The van der Waals surface area contributed by atoms with Crippen LogP contribution in [-0.4, -0.2) is 36.7 Å². The highest BCUT2D eigenvalue weighted by Crippen LogP contribution is 2.35. The SMILES string of the molecule is CCOC(=O)CCC(=O)NCC1(CO)CCCCC1. The molecule has 0 unspecified atom stereocenters. The Bertz CT molecular complexity index is 298. The van der Waals surface area contributed by atoms with Gasteiger partial charge in [-0.05, 0) is 19.8 Å². The first kappa shape index (κ1) is 16.0. The molecule has 1 saturated carbocycles. The molecule has 5 heteroatoms. The summed E-state index contributed by atoms with van der Waals surface area (Å²) in [6.45, 7) is 2.70. The molecule has 0 aromatic heterocycles. The largest absolute Gasteiger partial charge is 0.466 e. The minimum absolute atomic E-state index is 0.116. The molecule has 1 aliphatic rings. The third-order valence-corrected chi connectivity index (χ3v) is 3.77. The Labute approximate surface area is 114 Å². The first-order chi connectivity index (χ1) is 9.12. The molecule has 0 radical (unpaired) electrons. The molecule has 0 aromatic carbocycles. The van der Waals surface area contributed by atoms with Gasteiger partial charge in [0, 0.05) is 18.4 Å². The second-order valence-electron chi connectivity index (χ2n) is 5.30. The summed E-state index contributed by atoms with van der Waals surface area (Å²) in [6, 6.07) is 0.